The number of carbonyl (C=O) groups is 1. The lowest BCUT2D eigenvalue weighted by Gasteiger charge is -2.07. The van der Waals surface area contributed by atoms with Crippen molar-refractivity contribution in [1.82, 2.24) is 15.0 Å². The van der Waals surface area contributed by atoms with Gasteiger partial charge in [-0.3, -0.25) is 0 Å². The van der Waals surface area contributed by atoms with Crippen LogP contribution in [0.2, 0.25) is 0 Å². The molecule has 106 valence electrons. The van der Waals surface area contributed by atoms with E-state index in [4.69, 9.17) is 0 Å². The van der Waals surface area contributed by atoms with E-state index in [1.165, 1.54) is 16.8 Å². The molecule has 0 bridgehead atoms. The van der Waals surface area contributed by atoms with Crippen molar-refractivity contribution in [1.29, 1.82) is 0 Å². The number of aromatic carboxylic acids is 1. The lowest BCUT2D eigenvalue weighted by Crippen LogP contribution is -2.05. The Morgan fingerprint density at radius 2 is 2.20 bits per heavy atom. The Labute approximate surface area is 116 Å². The molecule has 5 nitrogen and oxygen atoms in total. The zero-order chi connectivity index (χ0) is 14.5. The van der Waals surface area contributed by atoms with Crippen LogP contribution in [0, 0.1) is 5.82 Å². The van der Waals surface area contributed by atoms with E-state index in [-0.39, 0.29) is 5.69 Å². The molecule has 0 saturated carbocycles. The van der Waals surface area contributed by atoms with Gasteiger partial charge in [0.25, 0.3) is 0 Å². The zero-order valence-corrected chi connectivity index (χ0v) is 11.2. The van der Waals surface area contributed by atoms with Crippen LogP contribution in [0.1, 0.15) is 36.7 Å². The fraction of sp³-hybridized carbons (Fsp3) is 0.357. The van der Waals surface area contributed by atoms with Gasteiger partial charge >= 0.3 is 5.97 Å². The Kier molecular flexibility index (Phi) is 4.45. The van der Waals surface area contributed by atoms with Crippen LogP contribution in [0.25, 0.3) is 11.3 Å². The van der Waals surface area contributed by atoms with Crippen molar-refractivity contribution < 1.29 is 14.3 Å². The van der Waals surface area contributed by atoms with Gasteiger partial charge in [0, 0.05) is 12.1 Å². The van der Waals surface area contributed by atoms with Crippen LogP contribution in [0.5, 0.6) is 0 Å². The van der Waals surface area contributed by atoms with Gasteiger partial charge in [-0.15, -0.1) is 5.10 Å². The van der Waals surface area contributed by atoms with Crippen LogP contribution in [0.15, 0.2) is 24.3 Å². The van der Waals surface area contributed by atoms with Crippen LogP contribution < -0.4 is 0 Å². The molecule has 0 amide bonds. The molecule has 20 heavy (non-hydrogen) atoms. The maximum atomic E-state index is 13.3. The predicted molar refractivity (Wildman–Crippen MR) is 71.9 cm³/mol. The molecule has 0 atom stereocenters. The first kappa shape index (κ1) is 14.2. The SMILES string of the molecule is CCCCCn1nnc(C(=O)O)c1-c1cccc(F)c1. The topological polar surface area (TPSA) is 68.0 Å². The summed E-state index contributed by atoms with van der Waals surface area (Å²) in [5.74, 6) is -1.58. The molecule has 0 aliphatic heterocycles. The summed E-state index contributed by atoms with van der Waals surface area (Å²) < 4.78 is 14.9. The summed E-state index contributed by atoms with van der Waals surface area (Å²) >= 11 is 0. The molecule has 0 radical (unpaired) electrons. The normalized spacial score (nSPS) is 10.7. The largest absolute Gasteiger partial charge is 0.476 e. The minimum absolute atomic E-state index is 0.146. The number of aryl methyl sites for hydroxylation is 1. The quantitative estimate of drug-likeness (QED) is 0.824. The fourth-order valence-corrected chi connectivity index (χ4v) is 2.05. The second-order valence-electron chi connectivity index (χ2n) is 4.53. The molecule has 1 heterocycles. The predicted octanol–water partition coefficient (Wildman–Crippen LogP) is 2.97. The molecular formula is C14H16FN3O2. The van der Waals surface area contributed by atoms with Gasteiger partial charge in [-0.05, 0) is 18.6 Å². The summed E-state index contributed by atoms with van der Waals surface area (Å²) in [5.41, 5.74) is 0.684. The monoisotopic (exact) mass is 277 g/mol. The van der Waals surface area contributed by atoms with Crippen molar-refractivity contribution in [3.63, 3.8) is 0 Å². The molecule has 0 fully saturated rings. The Balaban J connectivity index is 2.41. The molecule has 0 aliphatic rings. The van der Waals surface area contributed by atoms with E-state index in [2.05, 4.69) is 17.2 Å². The highest BCUT2D eigenvalue weighted by Crippen LogP contribution is 2.23. The molecule has 0 unspecified atom stereocenters. The van der Waals surface area contributed by atoms with Gasteiger partial charge < -0.3 is 5.11 Å². The number of benzene rings is 1. The maximum Gasteiger partial charge on any atom is 0.358 e. The van der Waals surface area contributed by atoms with Gasteiger partial charge in [-0.25, -0.2) is 13.9 Å². The van der Waals surface area contributed by atoms with E-state index in [1.54, 1.807) is 12.1 Å². The molecule has 1 aromatic carbocycles. The second-order valence-corrected chi connectivity index (χ2v) is 4.53. The summed E-state index contributed by atoms with van der Waals surface area (Å²) in [6.45, 7) is 2.65. The number of hydrogen-bond acceptors (Lipinski definition) is 3. The first-order chi connectivity index (χ1) is 9.63. The summed E-state index contributed by atoms with van der Waals surface area (Å²) in [6.07, 6.45) is 2.95. The lowest BCUT2D eigenvalue weighted by molar-refractivity contribution is 0.0691. The van der Waals surface area contributed by atoms with Crippen LogP contribution >= 0.6 is 0 Å². The van der Waals surface area contributed by atoms with Crippen LogP contribution in [0.4, 0.5) is 4.39 Å². The van der Waals surface area contributed by atoms with E-state index in [1.807, 2.05) is 0 Å². The van der Waals surface area contributed by atoms with Crippen molar-refractivity contribution >= 4 is 5.97 Å². The Morgan fingerprint density at radius 3 is 2.85 bits per heavy atom. The van der Waals surface area contributed by atoms with Gasteiger partial charge in [0.05, 0.1) is 0 Å². The van der Waals surface area contributed by atoms with E-state index >= 15 is 0 Å². The van der Waals surface area contributed by atoms with Crippen LogP contribution in [-0.4, -0.2) is 26.1 Å². The molecule has 0 saturated heterocycles. The third-order valence-electron chi connectivity index (χ3n) is 3.01. The minimum Gasteiger partial charge on any atom is -0.476 e. The number of nitrogens with zero attached hydrogens (tertiary/aromatic N) is 3. The summed E-state index contributed by atoms with van der Waals surface area (Å²) in [7, 11) is 0. The van der Waals surface area contributed by atoms with Gasteiger partial charge in [0.2, 0.25) is 0 Å². The fourth-order valence-electron chi connectivity index (χ4n) is 2.05. The molecule has 0 spiro atoms. The number of aromatic nitrogens is 3. The van der Waals surface area contributed by atoms with Crippen molar-refractivity contribution in [2.45, 2.75) is 32.7 Å². The smallest absolute Gasteiger partial charge is 0.358 e. The van der Waals surface area contributed by atoms with Crippen molar-refractivity contribution in [2.75, 3.05) is 0 Å². The van der Waals surface area contributed by atoms with Gasteiger partial charge in [-0.2, -0.15) is 0 Å². The first-order valence-corrected chi connectivity index (χ1v) is 6.56. The standard InChI is InChI=1S/C14H16FN3O2/c1-2-3-4-8-18-13(12(14(19)20)16-17-18)10-6-5-7-11(15)9-10/h5-7,9H,2-4,8H2,1H3,(H,19,20). The van der Waals surface area contributed by atoms with Gasteiger partial charge in [0.1, 0.15) is 11.5 Å². The third-order valence-corrected chi connectivity index (χ3v) is 3.01. The highest BCUT2D eigenvalue weighted by molar-refractivity contribution is 5.92. The third kappa shape index (κ3) is 3.01. The number of rotatable bonds is 6. The number of unbranched alkanes of at least 4 members (excludes halogenated alkanes) is 2. The Hall–Kier alpha value is -2.24. The molecule has 2 aromatic rings. The molecule has 1 N–H and O–H groups in total. The van der Waals surface area contributed by atoms with E-state index in [9.17, 15) is 14.3 Å². The summed E-state index contributed by atoms with van der Waals surface area (Å²) in [4.78, 5) is 11.2. The number of carboxylic acids is 1. The Morgan fingerprint density at radius 1 is 1.40 bits per heavy atom. The minimum atomic E-state index is -1.16. The van der Waals surface area contributed by atoms with E-state index in [0.717, 1.165) is 19.3 Å². The zero-order valence-electron chi connectivity index (χ0n) is 11.2. The van der Waals surface area contributed by atoms with E-state index in [0.29, 0.717) is 17.8 Å². The summed E-state index contributed by atoms with van der Waals surface area (Å²) in [6, 6.07) is 5.81. The number of carboxylic acid groups (broad SMARTS) is 1. The van der Waals surface area contributed by atoms with E-state index < -0.39 is 11.8 Å². The highest BCUT2D eigenvalue weighted by atomic mass is 19.1. The van der Waals surface area contributed by atoms with Crippen molar-refractivity contribution in [2.24, 2.45) is 0 Å². The van der Waals surface area contributed by atoms with Crippen molar-refractivity contribution in [3.05, 3.63) is 35.8 Å². The lowest BCUT2D eigenvalue weighted by atomic mass is 10.1. The van der Waals surface area contributed by atoms with Gasteiger partial charge in [0.15, 0.2) is 5.69 Å². The number of halogens is 1. The van der Waals surface area contributed by atoms with Crippen LogP contribution in [0.3, 0.4) is 0 Å². The van der Waals surface area contributed by atoms with Crippen LogP contribution in [-0.2, 0) is 6.54 Å². The molecular weight excluding hydrogens is 261 g/mol. The van der Waals surface area contributed by atoms with Gasteiger partial charge in [-0.1, -0.05) is 37.1 Å². The molecule has 6 heteroatoms. The molecule has 2 rings (SSSR count). The highest BCUT2D eigenvalue weighted by Gasteiger charge is 2.20. The molecule has 0 aliphatic carbocycles. The Bertz CT molecular complexity index is 610. The molecule has 1 aromatic heterocycles. The first-order valence-electron chi connectivity index (χ1n) is 6.56. The summed E-state index contributed by atoms with van der Waals surface area (Å²) in [5, 5.41) is 16.7. The average Bonchev–Trinajstić information content (AvgIpc) is 2.83. The average molecular weight is 277 g/mol. The number of hydrogen-bond donors (Lipinski definition) is 1. The second kappa shape index (κ2) is 6.27. The van der Waals surface area contributed by atoms with Crippen molar-refractivity contribution in [3.8, 4) is 11.3 Å². The maximum absolute atomic E-state index is 13.3.